The number of para-hydroxylation sites is 8. The molecule has 0 amide bonds. The van der Waals surface area contributed by atoms with Crippen molar-refractivity contribution in [3.8, 4) is 40.3 Å². The lowest BCUT2D eigenvalue weighted by atomic mass is 9.97. The molecule has 14 aromatic rings. The fourth-order valence-corrected chi connectivity index (χ4v) is 11.0. The molecule has 0 spiro atoms. The van der Waals surface area contributed by atoms with E-state index in [0.29, 0.717) is 22.5 Å². The molecule has 9 aromatic carbocycles. The molecule has 14 rings (SSSR count). The second kappa shape index (κ2) is 14.3. The molecule has 0 saturated carbocycles. The van der Waals surface area contributed by atoms with E-state index in [1.807, 2.05) is 0 Å². The highest BCUT2D eigenvalue weighted by Crippen LogP contribution is 2.51. The van der Waals surface area contributed by atoms with Crippen LogP contribution in [0.2, 0.25) is 0 Å². The van der Waals surface area contributed by atoms with Crippen LogP contribution in [-0.2, 0) is 5.88 Å². The molecule has 0 atom stereocenters. The van der Waals surface area contributed by atoms with Gasteiger partial charge in [0.05, 0.1) is 72.4 Å². The number of nitriles is 1. The first-order valence-electron chi connectivity index (χ1n) is 22.2. The Kier molecular flexibility index (Phi) is 8.00. The summed E-state index contributed by atoms with van der Waals surface area (Å²) >= 11 is 6.56. The van der Waals surface area contributed by atoms with E-state index in [1.54, 1.807) is 0 Å². The van der Waals surface area contributed by atoms with Gasteiger partial charge < -0.3 is 22.7 Å². The van der Waals surface area contributed by atoms with Crippen molar-refractivity contribution in [2.45, 2.75) is 5.88 Å². The lowest BCUT2D eigenvalue weighted by Gasteiger charge is -2.28. The van der Waals surface area contributed by atoms with E-state index in [4.69, 9.17) is 21.1 Å². The van der Waals surface area contributed by atoms with Crippen LogP contribution in [0.15, 0.2) is 199 Å². The smallest absolute Gasteiger partial charge is 0.252 e. The van der Waals surface area contributed by atoms with E-state index in [-0.39, 0.29) is 17.7 Å². The lowest BCUT2D eigenvalue weighted by Crippen LogP contribution is -2.16. The summed E-state index contributed by atoms with van der Waals surface area (Å²) in [6, 6.07) is 70.7. The minimum absolute atomic E-state index is 0.00665. The summed E-state index contributed by atoms with van der Waals surface area (Å²) in [5.74, 6) is 0.505. The highest BCUT2D eigenvalue weighted by molar-refractivity contribution is 6.17. The van der Waals surface area contributed by atoms with E-state index >= 15 is 0 Å². The van der Waals surface area contributed by atoms with Gasteiger partial charge in [-0.15, -0.1) is 21.8 Å². The van der Waals surface area contributed by atoms with Gasteiger partial charge >= 0.3 is 0 Å². The van der Waals surface area contributed by atoms with Crippen LogP contribution in [0.25, 0.3) is 121 Å². The number of rotatable bonds is 6. The summed E-state index contributed by atoms with van der Waals surface area (Å²) in [5.41, 5.74) is 11.4. The van der Waals surface area contributed by atoms with Gasteiger partial charge in [0.15, 0.2) is 0 Å². The van der Waals surface area contributed by atoms with Crippen LogP contribution < -0.4 is 0 Å². The number of hydrogen-bond donors (Lipinski definition) is 0. The van der Waals surface area contributed by atoms with Crippen molar-refractivity contribution in [2.75, 3.05) is 0 Å². The van der Waals surface area contributed by atoms with E-state index in [9.17, 15) is 5.26 Å². The first-order chi connectivity index (χ1) is 33.2. The standard InChI is InChI=1S/C58H34ClN7O/c59-33-52-61-62-58(67-52)53-54(63-44-25-9-1-17-35(44)36-18-2-10-26-45(36)63)43(34-60)55(64-46-27-11-3-19-37(46)38-20-4-12-28-47(38)64)57(66-50-31-15-7-23-41(50)42-24-8-16-32-51(42)66)56(53)65-48-29-13-5-21-39(48)40-22-6-14-30-49(40)65/h1-32H,33H2. The van der Waals surface area contributed by atoms with Crippen LogP contribution in [-0.4, -0.2) is 28.5 Å². The maximum absolute atomic E-state index is 12.4. The molecule has 5 heterocycles. The third-order valence-electron chi connectivity index (χ3n) is 13.5. The highest BCUT2D eigenvalue weighted by Gasteiger charge is 2.36. The number of benzene rings is 9. The predicted octanol–water partition coefficient (Wildman–Crippen LogP) is 14.7. The van der Waals surface area contributed by atoms with Crippen molar-refractivity contribution in [3.63, 3.8) is 0 Å². The zero-order valence-electron chi connectivity index (χ0n) is 35.6. The summed E-state index contributed by atoms with van der Waals surface area (Å²) in [4.78, 5) is 0. The zero-order valence-corrected chi connectivity index (χ0v) is 36.4. The van der Waals surface area contributed by atoms with Crippen LogP contribution in [0.4, 0.5) is 0 Å². The lowest BCUT2D eigenvalue weighted by molar-refractivity contribution is 0.527. The molecular weight excluding hydrogens is 846 g/mol. The molecule has 5 aromatic heterocycles. The van der Waals surface area contributed by atoms with Gasteiger partial charge in [0.1, 0.15) is 17.5 Å². The number of fused-ring (bicyclic) bond motifs is 12. The Morgan fingerprint density at radius 3 is 0.955 bits per heavy atom. The maximum atomic E-state index is 12.4. The van der Waals surface area contributed by atoms with Gasteiger partial charge in [-0.1, -0.05) is 146 Å². The van der Waals surface area contributed by atoms with E-state index in [1.165, 1.54) is 0 Å². The van der Waals surface area contributed by atoms with Crippen LogP contribution in [0.3, 0.4) is 0 Å². The van der Waals surface area contributed by atoms with Gasteiger partial charge in [-0.2, -0.15) is 5.26 Å². The third-order valence-corrected chi connectivity index (χ3v) is 13.7. The molecule has 0 aliphatic carbocycles. The average molecular weight is 880 g/mol. The number of halogens is 1. The monoisotopic (exact) mass is 879 g/mol. The van der Waals surface area contributed by atoms with Crippen molar-refractivity contribution in [2.24, 2.45) is 0 Å². The van der Waals surface area contributed by atoms with Gasteiger partial charge in [0.25, 0.3) is 5.89 Å². The van der Waals surface area contributed by atoms with Crippen LogP contribution >= 0.6 is 11.6 Å². The fraction of sp³-hybridized carbons (Fsp3) is 0.0172. The first-order valence-corrected chi connectivity index (χ1v) is 22.7. The Labute approximate surface area is 386 Å². The molecule has 67 heavy (non-hydrogen) atoms. The van der Waals surface area contributed by atoms with Crippen molar-refractivity contribution < 1.29 is 4.42 Å². The van der Waals surface area contributed by atoms with Crippen molar-refractivity contribution >= 4 is 98.8 Å². The van der Waals surface area contributed by atoms with E-state index in [0.717, 1.165) is 98.6 Å². The molecule has 0 aliphatic heterocycles. The number of hydrogen-bond acceptors (Lipinski definition) is 4. The Balaban J connectivity index is 1.37. The Hall–Kier alpha value is -8.90. The molecule has 314 valence electrons. The molecule has 0 fully saturated rings. The molecule has 0 radical (unpaired) electrons. The summed E-state index contributed by atoms with van der Waals surface area (Å²) in [7, 11) is 0. The number of nitrogens with zero attached hydrogens (tertiary/aromatic N) is 7. The van der Waals surface area contributed by atoms with Crippen LogP contribution in [0.1, 0.15) is 11.5 Å². The van der Waals surface area contributed by atoms with Gasteiger partial charge in [-0.05, 0) is 48.5 Å². The Bertz CT molecular complexity index is 4210. The van der Waals surface area contributed by atoms with Crippen molar-refractivity contribution in [3.05, 3.63) is 206 Å². The summed E-state index contributed by atoms with van der Waals surface area (Å²) < 4.78 is 16.0. The van der Waals surface area contributed by atoms with Gasteiger partial charge in [-0.3, -0.25) is 0 Å². The zero-order chi connectivity index (χ0) is 44.3. The number of alkyl halides is 1. The molecule has 0 unspecified atom stereocenters. The van der Waals surface area contributed by atoms with Crippen LogP contribution in [0.5, 0.6) is 0 Å². The topological polar surface area (TPSA) is 82.4 Å². The summed E-state index contributed by atoms with van der Waals surface area (Å²) in [5, 5.41) is 30.4. The quantitative estimate of drug-likeness (QED) is 0.156. The largest absolute Gasteiger partial charge is 0.419 e. The Morgan fingerprint density at radius 1 is 0.373 bits per heavy atom. The van der Waals surface area contributed by atoms with E-state index in [2.05, 4.69) is 224 Å². The SMILES string of the molecule is N#Cc1c(-n2c3ccccc3c3ccccc32)c(-c2nnc(CCl)o2)c(-n2c3ccccc3c3ccccc32)c(-n2c3ccccc3c3ccccc32)c1-n1c2ccccc2c2ccccc21. The van der Waals surface area contributed by atoms with Gasteiger partial charge in [0, 0.05) is 43.1 Å². The molecular formula is C58H34ClN7O. The van der Waals surface area contributed by atoms with Gasteiger partial charge in [-0.25, -0.2) is 0 Å². The minimum atomic E-state index is 0.00665. The molecule has 9 heteroatoms. The minimum Gasteiger partial charge on any atom is -0.419 e. The second-order valence-corrected chi connectivity index (χ2v) is 17.1. The summed E-state index contributed by atoms with van der Waals surface area (Å²) in [6.07, 6.45) is 0. The second-order valence-electron chi connectivity index (χ2n) is 16.9. The number of aromatic nitrogens is 6. The maximum Gasteiger partial charge on any atom is 0.252 e. The Morgan fingerprint density at radius 2 is 0.657 bits per heavy atom. The fourth-order valence-electron chi connectivity index (χ4n) is 10.9. The normalized spacial score (nSPS) is 12.0. The van der Waals surface area contributed by atoms with Crippen LogP contribution in [0, 0.1) is 11.3 Å². The van der Waals surface area contributed by atoms with Crippen molar-refractivity contribution in [1.29, 1.82) is 5.26 Å². The molecule has 0 bridgehead atoms. The molecule has 0 aliphatic rings. The van der Waals surface area contributed by atoms with Gasteiger partial charge in [0.2, 0.25) is 5.89 Å². The molecule has 0 saturated heterocycles. The first kappa shape index (κ1) is 37.5. The molecule has 8 nitrogen and oxygen atoms in total. The molecule has 0 N–H and O–H groups in total. The third kappa shape index (κ3) is 5.11. The highest BCUT2D eigenvalue weighted by atomic mass is 35.5. The average Bonchev–Trinajstić information content (AvgIpc) is 4.21. The van der Waals surface area contributed by atoms with E-state index < -0.39 is 0 Å². The summed E-state index contributed by atoms with van der Waals surface area (Å²) in [6.45, 7) is 0. The van der Waals surface area contributed by atoms with Crippen molar-refractivity contribution in [1.82, 2.24) is 28.5 Å². The predicted molar refractivity (Wildman–Crippen MR) is 271 cm³/mol.